The average Bonchev–Trinajstić information content (AvgIpc) is 3.09. The fourth-order valence-electron chi connectivity index (χ4n) is 1.60. The van der Waals surface area contributed by atoms with E-state index in [0.717, 1.165) is 0 Å². The maximum Gasteiger partial charge on any atom is 0.270 e. The van der Waals surface area contributed by atoms with Crippen LogP contribution in [0.3, 0.4) is 0 Å². The van der Waals surface area contributed by atoms with Crippen LogP contribution in [0.25, 0.3) is 0 Å². The van der Waals surface area contributed by atoms with Crippen LogP contribution < -0.4 is 4.74 Å². The second-order valence-electron chi connectivity index (χ2n) is 4.41. The molecule has 0 amide bonds. The fourth-order valence-corrected chi connectivity index (χ4v) is 1.60. The Morgan fingerprint density at radius 1 is 1.59 bits per heavy atom. The molecular formula is C12H15NO4. The van der Waals surface area contributed by atoms with Crippen molar-refractivity contribution in [1.82, 2.24) is 0 Å². The van der Waals surface area contributed by atoms with Crippen LogP contribution in [0.5, 0.6) is 5.75 Å². The molecule has 0 heterocycles. The number of non-ortho nitro benzene ring substituents is 1. The minimum atomic E-state index is -0.774. The molecule has 0 radical (unpaired) electrons. The standard InChI is InChI=1S/C12H15NO4/c1-8(14)11-6-10(13(15)16)4-5-12(11)17-7-9-2-3-9/h4-6,8-9,14H,2-3,7H2,1H3/t8-/m1/s1. The second kappa shape index (κ2) is 4.71. The Hall–Kier alpha value is -1.62. The van der Waals surface area contributed by atoms with E-state index < -0.39 is 11.0 Å². The number of benzene rings is 1. The van der Waals surface area contributed by atoms with Gasteiger partial charge in [-0.15, -0.1) is 0 Å². The van der Waals surface area contributed by atoms with Gasteiger partial charge < -0.3 is 9.84 Å². The molecule has 1 fully saturated rings. The largest absolute Gasteiger partial charge is 0.493 e. The highest BCUT2D eigenvalue weighted by molar-refractivity contribution is 5.44. The summed E-state index contributed by atoms with van der Waals surface area (Å²) >= 11 is 0. The number of rotatable bonds is 5. The van der Waals surface area contributed by atoms with E-state index in [1.807, 2.05) is 0 Å². The third-order valence-electron chi connectivity index (χ3n) is 2.83. The van der Waals surface area contributed by atoms with Gasteiger partial charge in [0.15, 0.2) is 0 Å². The maximum atomic E-state index is 10.6. The van der Waals surface area contributed by atoms with Gasteiger partial charge in [0.25, 0.3) is 5.69 Å². The number of aliphatic hydroxyl groups excluding tert-OH is 1. The first-order chi connectivity index (χ1) is 8.08. The summed E-state index contributed by atoms with van der Waals surface area (Å²) in [5.41, 5.74) is 0.444. The molecule has 2 rings (SSSR count). The number of ether oxygens (including phenoxy) is 1. The summed E-state index contributed by atoms with van der Waals surface area (Å²) in [6, 6.07) is 4.32. The van der Waals surface area contributed by atoms with Crippen LogP contribution in [-0.4, -0.2) is 16.6 Å². The molecule has 92 valence electrons. The van der Waals surface area contributed by atoms with Gasteiger partial charge in [-0.2, -0.15) is 0 Å². The van der Waals surface area contributed by atoms with Gasteiger partial charge >= 0.3 is 0 Å². The lowest BCUT2D eigenvalue weighted by Crippen LogP contribution is -2.04. The van der Waals surface area contributed by atoms with Crippen LogP contribution in [0, 0.1) is 16.0 Å². The molecule has 0 unspecified atom stereocenters. The molecule has 0 bridgehead atoms. The predicted molar refractivity (Wildman–Crippen MR) is 61.9 cm³/mol. The van der Waals surface area contributed by atoms with Gasteiger partial charge in [0, 0.05) is 17.7 Å². The number of hydrogen-bond acceptors (Lipinski definition) is 4. The molecular weight excluding hydrogens is 222 g/mol. The first kappa shape index (κ1) is 11.9. The minimum absolute atomic E-state index is 0.0281. The Morgan fingerprint density at radius 3 is 2.82 bits per heavy atom. The zero-order chi connectivity index (χ0) is 12.4. The monoisotopic (exact) mass is 237 g/mol. The Balaban J connectivity index is 2.20. The first-order valence-electron chi connectivity index (χ1n) is 5.67. The van der Waals surface area contributed by atoms with E-state index in [2.05, 4.69) is 0 Å². The molecule has 0 spiro atoms. The van der Waals surface area contributed by atoms with Gasteiger partial charge in [0.2, 0.25) is 0 Å². The van der Waals surface area contributed by atoms with Crippen molar-refractivity contribution in [3.63, 3.8) is 0 Å². The van der Waals surface area contributed by atoms with Crippen molar-refractivity contribution >= 4 is 5.69 Å². The lowest BCUT2D eigenvalue weighted by Gasteiger charge is -2.12. The van der Waals surface area contributed by atoms with E-state index in [9.17, 15) is 15.2 Å². The molecule has 0 aromatic heterocycles. The molecule has 5 heteroatoms. The Kier molecular flexibility index (Phi) is 3.28. The summed E-state index contributed by atoms with van der Waals surface area (Å²) in [5, 5.41) is 20.2. The summed E-state index contributed by atoms with van der Waals surface area (Å²) < 4.78 is 5.57. The first-order valence-corrected chi connectivity index (χ1v) is 5.67. The van der Waals surface area contributed by atoms with E-state index in [-0.39, 0.29) is 5.69 Å². The quantitative estimate of drug-likeness (QED) is 0.630. The lowest BCUT2D eigenvalue weighted by atomic mass is 10.1. The van der Waals surface area contributed by atoms with E-state index in [4.69, 9.17) is 4.74 Å². The van der Waals surface area contributed by atoms with Crippen LogP contribution in [0.1, 0.15) is 31.4 Å². The molecule has 1 saturated carbocycles. The van der Waals surface area contributed by atoms with Gasteiger partial charge in [0.1, 0.15) is 5.75 Å². The average molecular weight is 237 g/mol. The van der Waals surface area contributed by atoms with Crippen molar-refractivity contribution < 1.29 is 14.8 Å². The molecule has 1 atom stereocenters. The summed E-state index contributed by atoms with van der Waals surface area (Å²) in [5.74, 6) is 1.14. The number of nitrogens with zero attached hydrogens (tertiary/aromatic N) is 1. The van der Waals surface area contributed by atoms with Crippen molar-refractivity contribution in [2.75, 3.05) is 6.61 Å². The van der Waals surface area contributed by atoms with Gasteiger partial charge in [0.05, 0.1) is 17.6 Å². The molecule has 17 heavy (non-hydrogen) atoms. The fraction of sp³-hybridized carbons (Fsp3) is 0.500. The second-order valence-corrected chi connectivity index (χ2v) is 4.41. The number of nitro benzene ring substituents is 1. The van der Waals surface area contributed by atoms with Crippen molar-refractivity contribution in [2.45, 2.75) is 25.9 Å². The summed E-state index contributed by atoms with van der Waals surface area (Å²) in [7, 11) is 0. The van der Waals surface area contributed by atoms with E-state index in [1.165, 1.54) is 25.0 Å². The van der Waals surface area contributed by atoms with Crippen LogP contribution in [0.4, 0.5) is 5.69 Å². The van der Waals surface area contributed by atoms with Crippen LogP contribution in [0.15, 0.2) is 18.2 Å². The van der Waals surface area contributed by atoms with Crippen molar-refractivity contribution in [1.29, 1.82) is 0 Å². The molecule has 1 N–H and O–H groups in total. The van der Waals surface area contributed by atoms with Crippen molar-refractivity contribution in [3.05, 3.63) is 33.9 Å². The van der Waals surface area contributed by atoms with Crippen LogP contribution >= 0.6 is 0 Å². The molecule has 1 aromatic carbocycles. The number of hydrogen-bond donors (Lipinski definition) is 1. The Morgan fingerprint density at radius 2 is 2.29 bits per heavy atom. The molecule has 1 aliphatic carbocycles. The zero-order valence-electron chi connectivity index (χ0n) is 9.63. The van der Waals surface area contributed by atoms with Crippen molar-refractivity contribution in [3.8, 4) is 5.75 Å². The van der Waals surface area contributed by atoms with E-state index in [0.29, 0.717) is 23.8 Å². The highest BCUT2D eigenvalue weighted by Gasteiger charge is 2.23. The van der Waals surface area contributed by atoms with Gasteiger partial charge in [-0.25, -0.2) is 0 Å². The molecule has 5 nitrogen and oxygen atoms in total. The normalized spacial score (nSPS) is 16.6. The highest BCUT2D eigenvalue weighted by atomic mass is 16.6. The Bertz CT molecular complexity index is 427. The SMILES string of the molecule is C[C@@H](O)c1cc([N+](=O)[O-])ccc1OCC1CC1. The predicted octanol–water partition coefficient (Wildman–Crippen LogP) is 2.44. The van der Waals surface area contributed by atoms with E-state index in [1.54, 1.807) is 13.0 Å². The molecule has 0 aliphatic heterocycles. The highest BCUT2D eigenvalue weighted by Crippen LogP contribution is 2.33. The maximum absolute atomic E-state index is 10.6. The van der Waals surface area contributed by atoms with Crippen LogP contribution in [0.2, 0.25) is 0 Å². The zero-order valence-corrected chi connectivity index (χ0v) is 9.63. The van der Waals surface area contributed by atoms with Crippen molar-refractivity contribution in [2.24, 2.45) is 5.92 Å². The number of aliphatic hydroxyl groups is 1. The molecule has 1 aromatic rings. The minimum Gasteiger partial charge on any atom is -0.493 e. The van der Waals surface area contributed by atoms with E-state index >= 15 is 0 Å². The summed E-state index contributed by atoms with van der Waals surface area (Å²) in [6.07, 6.45) is 1.58. The molecule has 0 saturated heterocycles. The topological polar surface area (TPSA) is 72.6 Å². The van der Waals surface area contributed by atoms with Gasteiger partial charge in [-0.3, -0.25) is 10.1 Å². The van der Waals surface area contributed by atoms with Crippen LogP contribution in [-0.2, 0) is 0 Å². The van der Waals surface area contributed by atoms with Gasteiger partial charge in [-0.05, 0) is 31.7 Å². The third-order valence-corrected chi connectivity index (χ3v) is 2.83. The number of nitro groups is 1. The Labute approximate surface area is 99.2 Å². The lowest BCUT2D eigenvalue weighted by molar-refractivity contribution is -0.385. The molecule has 1 aliphatic rings. The summed E-state index contributed by atoms with van der Waals surface area (Å²) in [4.78, 5) is 10.2. The van der Waals surface area contributed by atoms with Gasteiger partial charge in [-0.1, -0.05) is 0 Å². The third kappa shape index (κ3) is 2.94. The smallest absolute Gasteiger partial charge is 0.270 e. The summed E-state index contributed by atoms with van der Waals surface area (Å²) in [6.45, 7) is 2.20.